The molecule has 0 spiro atoms. The van der Waals surface area contributed by atoms with Crippen LogP contribution in [-0.4, -0.2) is 75.5 Å². The molecule has 1 fully saturated rings. The molecule has 0 bridgehead atoms. The Balaban J connectivity index is 1.12. The Labute approximate surface area is 446 Å². The first kappa shape index (κ1) is 52.5. The van der Waals surface area contributed by atoms with Gasteiger partial charge in [-0.3, -0.25) is 14.5 Å². The van der Waals surface area contributed by atoms with Crippen molar-refractivity contribution in [1.82, 2.24) is 15.2 Å². The minimum atomic E-state index is -2.88. The molecule has 2 aliphatic heterocycles. The monoisotopic (exact) mass is 1060 g/mol. The van der Waals surface area contributed by atoms with Gasteiger partial charge in [0.25, 0.3) is 18.2 Å². The normalized spacial score (nSPS) is 16.2. The first-order valence-corrected chi connectivity index (χ1v) is 26.2. The molecule has 13 nitrogen and oxygen atoms in total. The summed E-state index contributed by atoms with van der Waals surface area (Å²) < 4.78 is 42.5. The van der Waals surface area contributed by atoms with Crippen molar-refractivity contribution in [2.45, 2.75) is 62.1 Å². The Morgan fingerprint density at radius 3 is 1.63 bits per heavy atom. The van der Waals surface area contributed by atoms with Gasteiger partial charge in [-0.15, -0.1) is 23.1 Å². The quantitative estimate of drug-likeness (QED) is 0.0198. The summed E-state index contributed by atoms with van der Waals surface area (Å²) in [5.74, 6) is -2.76. The van der Waals surface area contributed by atoms with Gasteiger partial charge < -0.3 is 29.7 Å². The van der Waals surface area contributed by atoms with Crippen molar-refractivity contribution in [3.63, 3.8) is 0 Å². The van der Waals surface area contributed by atoms with Crippen LogP contribution in [0.5, 0.6) is 0 Å². The maximum atomic E-state index is 15.2. The van der Waals surface area contributed by atoms with E-state index in [1.54, 1.807) is 19.2 Å². The Bertz CT molecular complexity index is 3050. The number of esters is 1. The Hall–Kier alpha value is -8.41. The fourth-order valence-corrected chi connectivity index (χ4v) is 11.2. The first-order valence-electron chi connectivity index (χ1n) is 24.3. The lowest BCUT2D eigenvalue weighted by Gasteiger charge is -2.49. The van der Waals surface area contributed by atoms with Crippen molar-refractivity contribution in [2.24, 2.45) is 5.16 Å². The first-order chi connectivity index (χ1) is 36.9. The van der Waals surface area contributed by atoms with Crippen LogP contribution in [0, 0.1) is 0 Å². The Kier molecular flexibility index (Phi) is 16.2. The van der Waals surface area contributed by atoms with Crippen LogP contribution in [0.25, 0.3) is 0 Å². The van der Waals surface area contributed by atoms with Crippen LogP contribution in [0.15, 0.2) is 216 Å². The molecule has 1 saturated heterocycles. The fourth-order valence-electron chi connectivity index (χ4n) is 9.12. The highest BCUT2D eigenvalue weighted by Crippen LogP contribution is 2.44. The second-order valence-electron chi connectivity index (χ2n) is 17.8. The minimum absolute atomic E-state index is 0.0377. The zero-order valence-electron chi connectivity index (χ0n) is 41.3. The van der Waals surface area contributed by atoms with E-state index in [-0.39, 0.29) is 28.4 Å². The number of allylic oxidation sites excluding steroid dienone is 2. The molecule has 386 valence electrons. The van der Waals surface area contributed by atoms with Crippen molar-refractivity contribution < 1.29 is 47.0 Å². The molecule has 7 aromatic rings. The summed E-state index contributed by atoms with van der Waals surface area (Å²) >= 11 is 2.37. The largest absolute Gasteiger partial charge is 0.511 e. The molecule has 3 heterocycles. The summed E-state index contributed by atoms with van der Waals surface area (Å²) in [6, 6.07) is 56.9. The van der Waals surface area contributed by atoms with Gasteiger partial charge >= 0.3 is 12.1 Å². The van der Waals surface area contributed by atoms with Crippen LogP contribution in [-0.2, 0) is 44.6 Å². The van der Waals surface area contributed by atoms with E-state index in [2.05, 4.69) is 10.6 Å². The summed E-state index contributed by atoms with van der Waals surface area (Å²) in [5, 5.41) is 12.5. The summed E-state index contributed by atoms with van der Waals surface area (Å²) in [6.45, 7) is 4.47. The number of aromatic nitrogens is 1. The molecule has 0 radical (unpaired) electrons. The number of nitrogens with one attached hydrogen (secondary N) is 2. The highest BCUT2D eigenvalue weighted by Gasteiger charge is 2.55. The summed E-state index contributed by atoms with van der Waals surface area (Å²) in [5.41, 5.74) is 1.90. The highest BCUT2D eigenvalue weighted by atomic mass is 32.2. The van der Waals surface area contributed by atoms with Gasteiger partial charge in [-0.05, 0) is 42.2 Å². The highest BCUT2D eigenvalue weighted by molar-refractivity contribution is 8.00. The average molecular weight is 1060 g/mol. The van der Waals surface area contributed by atoms with Gasteiger partial charge in [0.2, 0.25) is 11.9 Å². The second kappa shape index (κ2) is 23.4. The number of benzene rings is 6. The lowest BCUT2D eigenvalue weighted by Crippen LogP contribution is -2.71. The molecule has 9 rings (SSSR count). The standard InChI is InChI=1S/C59H51F2N5O8S2/c1-38(2)71-57(70)73-39(3)72-55(69)51-40(34-35-48(60)61)36-75-54-50(53(68)66(51)54)63-52(67)49(65-74-59(44-28-16-7-17-29-44,45-30-18-8-19-31-45)46-32-20-9-21-33-46)47-37-76-56(62-47)64-58(41-22-10-4-11-23-41,42-24-12-5-13-25-42)43-26-14-6-15-27-43/h4-35,37-39,48,50,54H,36H2,1-3H3,(H,62,64)(H,63,67)/b35-34-,65-49-/t39?,50-,54-/m1/s1. The van der Waals surface area contributed by atoms with Crippen LogP contribution < -0.4 is 10.6 Å². The predicted octanol–water partition coefficient (Wildman–Crippen LogP) is 11.2. The number of carbonyl (C=O) groups excluding carboxylic acids is 4. The lowest BCUT2D eigenvalue weighted by atomic mass is 9.77. The van der Waals surface area contributed by atoms with Crippen molar-refractivity contribution in [3.8, 4) is 0 Å². The summed E-state index contributed by atoms with van der Waals surface area (Å²) in [7, 11) is 0. The van der Waals surface area contributed by atoms with Gasteiger partial charge in [-0.2, -0.15) is 0 Å². The van der Waals surface area contributed by atoms with Gasteiger partial charge in [0.1, 0.15) is 28.3 Å². The maximum absolute atomic E-state index is 15.2. The third kappa shape index (κ3) is 11.0. The molecule has 0 aliphatic carbocycles. The number of thioether (sulfide) groups is 1. The number of nitrogens with zero attached hydrogens (tertiary/aromatic N) is 3. The van der Waals surface area contributed by atoms with Crippen molar-refractivity contribution in [3.05, 3.63) is 250 Å². The number of hydrogen-bond donors (Lipinski definition) is 2. The van der Waals surface area contributed by atoms with Crippen molar-refractivity contribution in [1.29, 1.82) is 0 Å². The summed E-state index contributed by atoms with van der Waals surface area (Å²) in [4.78, 5) is 68.7. The number of anilines is 1. The number of alkyl halides is 2. The molecular formula is C59H51F2N5O8S2. The zero-order valence-corrected chi connectivity index (χ0v) is 43.0. The number of thiazole rings is 1. The number of ether oxygens (including phenoxy) is 3. The molecule has 17 heteroatoms. The third-order valence-corrected chi connectivity index (χ3v) is 14.5. The fraction of sp³-hybridized carbons (Fsp3) is 0.186. The summed E-state index contributed by atoms with van der Waals surface area (Å²) in [6.07, 6.45) is -4.39. The van der Waals surface area contributed by atoms with E-state index in [4.69, 9.17) is 29.2 Å². The van der Waals surface area contributed by atoms with Gasteiger partial charge in [0, 0.05) is 34.7 Å². The molecule has 0 saturated carbocycles. The van der Waals surface area contributed by atoms with Crippen LogP contribution >= 0.6 is 23.1 Å². The van der Waals surface area contributed by atoms with E-state index in [0.717, 1.165) is 39.4 Å². The van der Waals surface area contributed by atoms with Gasteiger partial charge in [0.05, 0.1) is 6.10 Å². The smallest absolute Gasteiger partial charge is 0.431 e. The van der Waals surface area contributed by atoms with Gasteiger partial charge in [-0.25, -0.2) is 23.4 Å². The van der Waals surface area contributed by atoms with E-state index in [0.29, 0.717) is 27.9 Å². The molecule has 1 unspecified atom stereocenters. The maximum Gasteiger partial charge on any atom is 0.511 e. The molecular weight excluding hydrogens is 1010 g/mol. The Morgan fingerprint density at radius 1 is 0.697 bits per heavy atom. The average Bonchev–Trinajstić information content (AvgIpc) is 3.95. The van der Waals surface area contributed by atoms with Crippen LogP contribution in [0.3, 0.4) is 0 Å². The van der Waals surface area contributed by atoms with Crippen LogP contribution in [0.1, 0.15) is 59.8 Å². The molecule has 2 amide bonds. The third-order valence-electron chi connectivity index (χ3n) is 12.5. The topological polar surface area (TPSA) is 158 Å². The minimum Gasteiger partial charge on any atom is -0.431 e. The van der Waals surface area contributed by atoms with Crippen molar-refractivity contribution in [2.75, 3.05) is 11.1 Å². The van der Waals surface area contributed by atoms with Crippen LogP contribution in [0.4, 0.5) is 18.7 Å². The molecule has 3 atom stereocenters. The molecule has 76 heavy (non-hydrogen) atoms. The molecule has 6 aromatic carbocycles. The second-order valence-corrected chi connectivity index (χ2v) is 19.7. The predicted molar refractivity (Wildman–Crippen MR) is 287 cm³/mol. The van der Waals surface area contributed by atoms with E-state index in [9.17, 15) is 23.2 Å². The number of β-lactam (4-membered cyclic amide) rings is 1. The van der Waals surface area contributed by atoms with E-state index >= 15 is 4.79 Å². The molecule has 1 aromatic heterocycles. The SMILES string of the molecule is CC(C)OC(=O)OC(C)OC(=O)C1=C(/C=C\C(F)F)CS[C@@H]2[C@H](NC(=O)/C(=N\OC(c3ccccc3)(c3ccccc3)c3ccccc3)c3csc(NC(c4ccccc4)(c4ccccc4)c4ccccc4)n3)C(=O)N12. The van der Waals surface area contributed by atoms with Crippen molar-refractivity contribution >= 4 is 57.9 Å². The number of amides is 2. The number of halogens is 2. The van der Waals surface area contributed by atoms with Crippen LogP contribution in [0.2, 0.25) is 0 Å². The number of carbonyl (C=O) groups is 4. The number of oxime groups is 1. The Morgan fingerprint density at radius 2 is 1.17 bits per heavy atom. The number of hydrogen-bond acceptors (Lipinski definition) is 13. The number of fused-ring (bicyclic) bond motifs is 1. The van der Waals surface area contributed by atoms with E-state index in [1.165, 1.54) is 18.3 Å². The van der Waals surface area contributed by atoms with Gasteiger partial charge in [-0.1, -0.05) is 193 Å². The van der Waals surface area contributed by atoms with E-state index < -0.39 is 65.3 Å². The molecule has 2 aliphatic rings. The lowest BCUT2D eigenvalue weighted by molar-refractivity contribution is -0.169. The van der Waals surface area contributed by atoms with Gasteiger partial charge in [0.15, 0.2) is 10.8 Å². The number of rotatable bonds is 19. The molecule has 2 N–H and O–H groups in total. The van der Waals surface area contributed by atoms with E-state index in [1.807, 2.05) is 182 Å². The zero-order chi connectivity index (χ0) is 53.2.